The molecule has 0 radical (unpaired) electrons. The number of hydrogen-bond donors (Lipinski definition) is 2. The van der Waals surface area contributed by atoms with E-state index in [1.165, 1.54) is 0 Å². The summed E-state index contributed by atoms with van der Waals surface area (Å²) in [5, 5.41) is 0.966. The maximum atomic E-state index is 11.8. The molecule has 2 aromatic rings. The smallest absolute Gasteiger partial charge is 0.434 e. The number of hydrogen-bond acceptors (Lipinski definition) is 5. The van der Waals surface area contributed by atoms with Crippen molar-refractivity contribution in [3.05, 3.63) is 34.4 Å². The highest BCUT2D eigenvalue weighted by Gasteiger charge is 2.21. The second kappa shape index (κ2) is 8.12. The van der Waals surface area contributed by atoms with Crippen molar-refractivity contribution in [2.75, 3.05) is 6.61 Å². The van der Waals surface area contributed by atoms with Gasteiger partial charge in [0.25, 0.3) is 0 Å². The van der Waals surface area contributed by atoms with Gasteiger partial charge in [-0.3, -0.25) is 0 Å². The molecule has 6 nitrogen and oxygen atoms in total. The van der Waals surface area contributed by atoms with E-state index in [0.29, 0.717) is 0 Å². The lowest BCUT2D eigenvalue weighted by Crippen LogP contribution is -2.35. The number of ether oxygens (including phenoxy) is 2. The van der Waals surface area contributed by atoms with Gasteiger partial charge < -0.3 is 20.2 Å². The number of halogens is 1. The Morgan fingerprint density at radius 2 is 2.17 bits per heavy atom. The standard InChI is InChI=1S/C16H19BrN2O4/c1-2-3-6-22-16(21)23-15(20)13(18)7-10-9-19-14-5-4-11(17)8-12(10)14/h4-5,8-9,13,19H,2-3,6-7,18H2,1H3/t13-/m0/s1. The number of rotatable bonds is 6. The Balaban J connectivity index is 1.94. The van der Waals surface area contributed by atoms with Crippen LogP contribution in [-0.4, -0.2) is 29.8 Å². The van der Waals surface area contributed by atoms with Crippen molar-refractivity contribution in [1.82, 2.24) is 4.98 Å². The number of fused-ring (bicyclic) bond motifs is 1. The molecule has 0 saturated carbocycles. The van der Waals surface area contributed by atoms with Crippen molar-refractivity contribution >= 4 is 39.0 Å². The molecule has 0 amide bonds. The number of benzene rings is 1. The zero-order valence-electron chi connectivity index (χ0n) is 12.8. The highest BCUT2D eigenvalue weighted by atomic mass is 79.9. The van der Waals surface area contributed by atoms with Gasteiger partial charge in [-0.25, -0.2) is 9.59 Å². The predicted molar refractivity (Wildman–Crippen MR) is 90.0 cm³/mol. The third-order valence-electron chi connectivity index (χ3n) is 3.37. The van der Waals surface area contributed by atoms with Crippen molar-refractivity contribution in [3.63, 3.8) is 0 Å². The molecule has 0 bridgehead atoms. The first-order valence-corrected chi connectivity index (χ1v) is 8.20. The van der Waals surface area contributed by atoms with E-state index in [9.17, 15) is 9.59 Å². The molecule has 1 aromatic carbocycles. The van der Waals surface area contributed by atoms with Crippen LogP contribution in [0, 0.1) is 0 Å². The summed E-state index contributed by atoms with van der Waals surface area (Å²) in [4.78, 5) is 26.3. The van der Waals surface area contributed by atoms with Gasteiger partial charge in [0, 0.05) is 28.0 Å². The van der Waals surface area contributed by atoms with Crippen molar-refractivity contribution in [1.29, 1.82) is 0 Å². The lowest BCUT2D eigenvalue weighted by Gasteiger charge is -2.10. The van der Waals surface area contributed by atoms with Gasteiger partial charge in [0.05, 0.1) is 6.61 Å². The molecular formula is C16H19BrN2O4. The van der Waals surface area contributed by atoms with Gasteiger partial charge in [-0.05, 0) is 30.2 Å². The molecule has 1 atom stereocenters. The van der Waals surface area contributed by atoms with Crippen LogP contribution >= 0.6 is 15.9 Å². The monoisotopic (exact) mass is 382 g/mol. The Bertz CT molecular complexity index is 698. The van der Waals surface area contributed by atoms with Crippen LogP contribution in [0.3, 0.4) is 0 Å². The number of nitrogens with one attached hydrogen (secondary N) is 1. The van der Waals surface area contributed by atoms with Crippen molar-refractivity contribution in [2.45, 2.75) is 32.2 Å². The summed E-state index contributed by atoms with van der Waals surface area (Å²) in [6, 6.07) is 4.85. The van der Waals surface area contributed by atoms with E-state index in [1.807, 2.05) is 25.1 Å². The molecule has 1 heterocycles. The van der Waals surface area contributed by atoms with Gasteiger partial charge in [-0.2, -0.15) is 0 Å². The van der Waals surface area contributed by atoms with Gasteiger partial charge in [-0.15, -0.1) is 0 Å². The van der Waals surface area contributed by atoms with E-state index in [4.69, 9.17) is 10.5 Å². The number of carbonyl (C=O) groups excluding carboxylic acids is 2. The quantitative estimate of drug-likeness (QED) is 0.454. The molecule has 1 aromatic heterocycles. The lowest BCUT2D eigenvalue weighted by molar-refractivity contribution is -0.141. The molecule has 0 fully saturated rings. The van der Waals surface area contributed by atoms with Gasteiger partial charge in [0.2, 0.25) is 0 Å². The van der Waals surface area contributed by atoms with Crippen LogP contribution in [0.2, 0.25) is 0 Å². The summed E-state index contributed by atoms with van der Waals surface area (Å²) in [6.07, 6.45) is 2.66. The van der Waals surface area contributed by atoms with Crippen LogP contribution in [0.1, 0.15) is 25.3 Å². The average molecular weight is 383 g/mol. The first kappa shape index (κ1) is 17.5. The fourth-order valence-corrected chi connectivity index (χ4v) is 2.49. The number of aromatic amines is 1. The summed E-state index contributed by atoms with van der Waals surface area (Å²) in [5.41, 5.74) is 7.66. The molecule has 0 aliphatic carbocycles. The largest absolute Gasteiger partial charge is 0.516 e. The van der Waals surface area contributed by atoms with Crippen molar-refractivity contribution in [3.8, 4) is 0 Å². The Kier molecular flexibility index (Phi) is 6.18. The molecule has 2 rings (SSSR count). The summed E-state index contributed by atoms with van der Waals surface area (Å²) >= 11 is 3.41. The van der Waals surface area contributed by atoms with Crippen molar-refractivity contribution in [2.24, 2.45) is 5.73 Å². The van der Waals surface area contributed by atoms with Crippen LogP contribution in [0.5, 0.6) is 0 Å². The minimum absolute atomic E-state index is 0.230. The Morgan fingerprint density at radius 3 is 2.91 bits per heavy atom. The number of unbranched alkanes of at least 4 members (excludes halogenated alkanes) is 1. The van der Waals surface area contributed by atoms with Crippen LogP contribution < -0.4 is 5.73 Å². The summed E-state index contributed by atoms with van der Waals surface area (Å²) in [5.74, 6) is -0.796. The Labute approximate surface area is 142 Å². The van der Waals surface area contributed by atoms with Gasteiger partial charge in [0.15, 0.2) is 0 Å². The fraction of sp³-hybridized carbons (Fsp3) is 0.375. The third kappa shape index (κ3) is 4.80. The molecule has 3 N–H and O–H groups in total. The normalized spacial score (nSPS) is 12.1. The first-order chi connectivity index (χ1) is 11.0. The minimum atomic E-state index is -0.999. The summed E-state index contributed by atoms with van der Waals surface area (Å²) in [6.45, 7) is 2.20. The molecule has 124 valence electrons. The number of aromatic nitrogens is 1. The van der Waals surface area contributed by atoms with E-state index in [1.54, 1.807) is 6.20 Å². The molecule has 23 heavy (non-hydrogen) atoms. The highest BCUT2D eigenvalue weighted by molar-refractivity contribution is 9.10. The van der Waals surface area contributed by atoms with Crippen LogP contribution in [0.4, 0.5) is 4.79 Å². The molecule has 0 saturated heterocycles. The highest BCUT2D eigenvalue weighted by Crippen LogP contribution is 2.23. The van der Waals surface area contributed by atoms with Crippen LogP contribution in [0.25, 0.3) is 10.9 Å². The zero-order valence-corrected chi connectivity index (χ0v) is 14.4. The minimum Gasteiger partial charge on any atom is -0.434 e. The lowest BCUT2D eigenvalue weighted by atomic mass is 10.1. The Hall–Kier alpha value is -1.86. The van der Waals surface area contributed by atoms with E-state index in [-0.39, 0.29) is 13.0 Å². The second-order valence-corrected chi connectivity index (χ2v) is 6.10. The molecule has 0 aliphatic heterocycles. The van der Waals surface area contributed by atoms with Crippen molar-refractivity contribution < 1.29 is 19.1 Å². The zero-order chi connectivity index (χ0) is 16.8. The molecule has 0 aliphatic rings. The molecule has 0 spiro atoms. The molecule has 7 heteroatoms. The Morgan fingerprint density at radius 1 is 1.39 bits per heavy atom. The van der Waals surface area contributed by atoms with E-state index >= 15 is 0 Å². The van der Waals surface area contributed by atoms with Crippen LogP contribution in [0.15, 0.2) is 28.9 Å². The summed E-state index contributed by atoms with van der Waals surface area (Å²) < 4.78 is 10.3. The summed E-state index contributed by atoms with van der Waals surface area (Å²) in [7, 11) is 0. The maximum Gasteiger partial charge on any atom is 0.516 e. The number of esters is 1. The number of H-pyrrole nitrogens is 1. The molecule has 0 unspecified atom stereocenters. The number of nitrogens with two attached hydrogens (primary N) is 1. The predicted octanol–water partition coefficient (Wildman–Crippen LogP) is 3.28. The van der Waals surface area contributed by atoms with Gasteiger partial charge in [-0.1, -0.05) is 29.3 Å². The topological polar surface area (TPSA) is 94.4 Å². The first-order valence-electron chi connectivity index (χ1n) is 7.40. The van der Waals surface area contributed by atoms with E-state index in [0.717, 1.165) is 33.8 Å². The average Bonchev–Trinajstić information content (AvgIpc) is 2.89. The number of carbonyl (C=O) groups is 2. The fourth-order valence-electron chi connectivity index (χ4n) is 2.13. The maximum absolute atomic E-state index is 11.8. The van der Waals surface area contributed by atoms with Gasteiger partial charge in [0.1, 0.15) is 6.04 Å². The van der Waals surface area contributed by atoms with Gasteiger partial charge >= 0.3 is 12.1 Å². The second-order valence-electron chi connectivity index (χ2n) is 5.19. The van der Waals surface area contributed by atoms with E-state index < -0.39 is 18.2 Å². The van der Waals surface area contributed by atoms with E-state index in [2.05, 4.69) is 25.7 Å². The SMILES string of the molecule is CCCCOC(=O)OC(=O)[C@@H](N)Cc1c[nH]c2ccc(Br)cc12. The molecular weight excluding hydrogens is 364 g/mol. The van der Waals surface area contributed by atoms with Crippen LogP contribution in [-0.2, 0) is 20.7 Å². The third-order valence-corrected chi connectivity index (χ3v) is 3.87.